The van der Waals surface area contributed by atoms with Gasteiger partial charge in [-0.2, -0.15) is 0 Å². The third-order valence-electron chi connectivity index (χ3n) is 3.35. The Bertz CT molecular complexity index is 688. The highest BCUT2D eigenvalue weighted by molar-refractivity contribution is 5.96. The third-order valence-corrected chi connectivity index (χ3v) is 3.35. The first-order valence-corrected chi connectivity index (χ1v) is 6.86. The van der Waals surface area contributed by atoms with Crippen molar-refractivity contribution < 1.29 is 13.6 Å². The van der Waals surface area contributed by atoms with Crippen molar-refractivity contribution in [1.82, 2.24) is 20.2 Å². The van der Waals surface area contributed by atoms with Gasteiger partial charge >= 0.3 is 0 Å². The lowest BCUT2D eigenvalue weighted by Crippen LogP contribution is -2.36. The van der Waals surface area contributed by atoms with Crippen LogP contribution in [0, 0.1) is 11.6 Å². The second-order valence-electron chi connectivity index (χ2n) is 5.11. The summed E-state index contributed by atoms with van der Waals surface area (Å²) >= 11 is 0. The van der Waals surface area contributed by atoms with E-state index in [2.05, 4.69) is 15.3 Å². The van der Waals surface area contributed by atoms with E-state index in [1.807, 2.05) is 0 Å². The van der Waals surface area contributed by atoms with E-state index >= 15 is 0 Å². The molecule has 8 heteroatoms. The molecule has 0 radical (unpaired) electrons. The first kappa shape index (κ1) is 16.8. The number of anilines is 1. The summed E-state index contributed by atoms with van der Waals surface area (Å²) in [5.41, 5.74) is 5.45. The SMILES string of the molecule is CN(C)C(CNC(=O)c1nccnc1N)c1c(F)cccc1F. The Morgan fingerprint density at radius 2 is 1.87 bits per heavy atom. The van der Waals surface area contributed by atoms with Gasteiger partial charge in [0.05, 0.1) is 6.04 Å². The molecule has 1 aromatic heterocycles. The lowest BCUT2D eigenvalue weighted by atomic mass is 10.0. The highest BCUT2D eigenvalue weighted by Gasteiger charge is 2.23. The molecule has 2 aromatic rings. The van der Waals surface area contributed by atoms with Crippen molar-refractivity contribution in [3.8, 4) is 0 Å². The number of nitrogens with two attached hydrogens (primary N) is 1. The van der Waals surface area contributed by atoms with Crippen LogP contribution < -0.4 is 11.1 Å². The monoisotopic (exact) mass is 321 g/mol. The molecule has 0 fully saturated rings. The summed E-state index contributed by atoms with van der Waals surface area (Å²) in [4.78, 5) is 21.3. The highest BCUT2D eigenvalue weighted by atomic mass is 19.1. The second-order valence-corrected chi connectivity index (χ2v) is 5.11. The number of likely N-dealkylation sites (N-methyl/N-ethyl adjacent to an activating group) is 1. The van der Waals surface area contributed by atoms with Crippen molar-refractivity contribution in [2.24, 2.45) is 0 Å². The summed E-state index contributed by atoms with van der Waals surface area (Å²) in [7, 11) is 3.33. The maximum Gasteiger partial charge on any atom is 0.273 e. The van der Waals surface area contributed by atoms with Gasteiger partial charge in [-0.15, -0.1) is 0 Å². The van der Waals surface area contributed by atoms with Crippen LogP contribution in [0.2, 0.25) is 0 Å². The van der Waals surface area contributed by atoms with Crippen LogP contribution in [0.4, 0.5) is 14.6 Å². The summed E-state index contributed by atoms with van der Waals surface area (Å²) in [5.74, 6) is -1.91. The van der Waals surface area contributed by atoms with E-state index in [9.17, 15) is 13.6 Å². The van der Waals surface area contributed by atoms with Crippen molar-refractivity contribution in [1.29, 1.82) is 0 Å². The molecule has 1 amide bonds. The minimum atomic E-state index is -0.682. The molecule has 0 aliphatic rings. The van der Waals surface area contributed by atoms with Crippen LogP contribution in [0.25, 0.3) is 0 Å². The number of rotatable bonds is 5. The van der Waals surface area contributed by atoms with Crippen LogP contribution in [0.5, 0.6) is 0 Å². The Hall–Kier alpha value is -2.61. The van der Waals surface area contributed by atoms with Crippen molar-refractivity contribution in [3.05, 3.63) is 53.5 Å². The zero-order valence-electron chi connectivity index (χ0n) is 12.8. The predicted octanol–water partition coefficient (Wildman–Crippen LogP) is 1.37. The molecule has 0 spiro atoms. The topological polar surface area (TPSA) is 84.1 Å². The number of hydrogen-bond donors (Lipinski definition) is 2. The number of nitrogens with zero attached hydrogens (tertiary/aromatic N) is 3. The Kier molecular flexibility index (Phi) is 5.17. The predicted molar refractivity (Wildman–Crippen MR) is 81.6 cm³/mol. The lowest BCUT2D eigenvalue weighted by Gasteiger charge is -2.25. The number of hydrogen-bond acceptors (Lipinski definition) is 5. The molecule has 1 atom stereocenters. The lowest BCUT2D eigenvalue weighted by molar-refractivity contribution is 0.0936. The van der Waals surface area contributed by atoms with Gasteiger partial charge in [0, 0.05) is 24.5 Å². The van der Waals surface area contributed by atoms with E-state index in [1.54, 1.807) is 19.0 Å². The molecule has 6 nitrogen and oxygen atoms in total. The Labute approximate surface area is 132 Å². The van der Waals surface area contributed by atoms with Gasteiger partial charge in [0.25, 0.3) is 5.91 Å². The number of carbonyl (C=O) groups excluding carboxylic acids is 1. The molecule has 122 valence electrons. The standard InChI is InChI=1S/C15H17F2N5O/c1-22(2)11(12-9(16)4-3-5-10(12)17)8-21-15(23)13-14(18)20-7-6-19-13/h3-7,11H,8H2,1-2H3,(H2,18,20)(H,21,23). The number of halogens is 2. The van der Waals surface area contributed by atoms with Gasteiger partial charge in [0.1, 0.15) is 11.6 Å². The molecule has 0 saturated carbocycles. The van der Waals surface area contributed by atoms with Gasteiger partial charge in [-0.1, -0.05) is 6.07 Å². The largest absolute Gasteiger partial charge is 0.382 e. The van der Waals surface area contributed by atoms with E-state index in [4.69, 9.17) is 5.73 Å². The van der Waals surface area contributed by atoms with Gasteiger partial charge in [-0.3, -0.25) is 4.79 Å². The fourth-order valence-corrected chi connectivity index (χ4v) is 2.17. The minimum absolute atomic E-state index is 0.0107. The Morgan fingerprint density at radius 3 is 2.43 bits per heavy atom. The van der Waals surface area contributed by atoms with Crippen molar-refractivity contribution in [2.75, 3.05) is 26.4 Å². The van der Waals surface area contributed by atoms with Crippen LogP contribution in [0.1, 0.15) is 22.1 Å². The molecule has 0 saturated heterocycles. The van der Waals surface area contributed by atoms with Crippen LogP contribution in [0.3, 0.4) is 0 Å². The van der Waals surface area contributed by atoms with Crippen molar-refractivity contribution >= 4 is 11.7 Å². The second kappa shape index (κ2) is 7.10. The van der Waals surface area contributed by atoms with Gasteiger partial charge in [0.2, 0.25) is 0 Å². The minimum Gasteiger partial charge on any atom is -0.382 e. The Balaban J connectivity index is 2.18. The van der Waals surface area contributed by atoms with Gasteiger partial charge in [0.15, 0.2) is 11.5 Å². The molecule has 0 bridgehead atoms. The van der Waals surface area contributed by atoms with Crippen molar-refractivity contribution in [2.45, 2.75) is 6.04 Å². The molecule has 1 heterocycles. The molecule has 3 N–H and O–H groups in total. The summed E-state index contributed by atoms with van der Waals surface area (Å²) < 4.78 is 27.9. The fourth-order valence-electron chi connectivity index (χ4n) is 2.17. The van der Waals surface area contributed by atoms with Crippen LogP contribution in [-0.2, 0) is 0 Å². The molecular weight excluding hydrogens is 304 g/mol. The van der Waals surface area contributed by atoms with Gasteiger partial charge in [-0.25, -0.2) is 18.7 Å². The first-order valence-electron chi connectivity index (χ1n) is 6.86. The van der Waals surface area contributed by atoms with E-state index < -0.39 is 23.6 Å². The number of nitrogens with one attached hydrogen (secondary N) is 1. The summed E-state index contributed by atoms with van der Waals surface area (Å²) in [6.45, 7) is -0.0142. The molecule has 1 unspecified atom stereocenters. The molecule has 0 aliphatic heterocycles. The highest BCUT2D eigenvalue weighted by Crippen LogP contribution is 2.24. The van der Waals surface area contributed by atoms with Crippen LogP contribution in [0.15, 0.2) is 30.6 Å². The third kappa shape index (κ3) is 3.78. The molecular formula is C15H17F2N5O. The average molecular weight is 321 g/mol. The number of carbonyl (C=O) groups is 1. The number of amides is 1. The van der Waals surface area contributed by atoms with E-state index in [-0.39, 0.29) is 23.6 Å². The molecule has 23 heavy (non-hydrogen) atoms. The average Bonchev–Trinajstić information content (AvgIpc) is 2.50. The maximum absolute atomic E-state index is 14.0. The zero-order chi connectivity index (χ0) is 17.0. The molecule has 1 aromatic carbocycles. The van der Waals surface area contributed by atoms with Crippen LogP contribution in [-0.4, -0.2) is 41.4 Å². The fraction of sp³-hybridized carbons (Fsp3) is 0.267. The van der Waals surface area contributed by atoms with E-state index in [1.165, 1.54) is 30.6 Å². The quantitative estimate of drug-likeness (QED) is 0.869. The summed E-state index contributed by atoms with van der Waals surface area (Å²) in [5, 5.41) is 2.58. The number of nitrogen functional groups attached to an aromatic ring is 1. The summed E-state index contributed by atoms with van der Waals surface area (Å²) in [6.07, 6.45) is 2.70. The van der Waals surface area contributed by atoms with E-state index in [0.29, 0.717) is 0 Å². The normalized spacial score (nSPS) is 12.2. The van der Waals surface area contributed by atoms with Gasteiger partial charge in [-0.05, 0) is 26.2 Å². The number of aromatic nitrogens is 2. The Morgan fingerprint density at radius 1 is 1.26 bits per heavy atom. The van der Waals surface area contributed by atoms with E-state index in [0.717, 1.165) is 0 Å². The first-order chi connectivity index (χ1) is 10.9. The molecule has 0 aliphatic carbocycles. The molecule has 2 rings (SSSR count). The summed E-state index contributed by atoms with van der Waals surface area (Å²) in [6, 6.07) is 2.96. The number of benzene rings is 1. The maximum atomic E-state index is 14.0. The van der Waals surface area contributed by atoms with Gasteiger partial charge < -0.3 is 16.0 Å². The zero-order valence-corrected chi connectivity index (χ0v) is 12.8. The van der Waals surface area contributed by atoms with Crippen LogP contribution >= 0.6 is 0 Å². The van der Waals surface area contributed by atoms with Crippen molar-refractivity contribution in [3.63, 3.8) is 0 Å². The smallest absolute Gasteiger partial charge is 0.273 e.